The van der Waals surface area contributed by atoms with Gasteiger partial charge in [-0.3, -0.25) is 0 Å². The minimum Gasteiger partial charge on any atom is -0.423 e. The molecule has 126 valence electrons. The highest BCUT2D eigenvalue weighted by Gasteiger charge is 2.31. The minimum absolute atomic E-state index is 0.519. The molecule has 0 aliphatic carbocycles. The van der Waals surface area contributed by atoms with E-state index < -0.39 is 18.3 Å². The number of rotatable bonds is 3. The maximum Gasteiger partial charge on any atom is 0.488 e. The molecule has 0 unspecified atom stereocenters. The maximum absolute atomic E-state index is 9.10. The van der Waals surface area contributed by atoms with Crippen molar-refractivity contribution in [2.24, 2.45) is 0 Å². The van der Waals surface area contributed by atoms with Gasteiger partial charge in [0, 0.05) is 12.4 Å². The fraction of sp³-hybridized carbons (Fsp3) is 0.438. The Balaban J connectivity index is 0.000000284. The normalized spacial score (nSPS) is 11.7. The van der Waals surface area contributed by atoms with Gasteiger partial charge in [-0.1, -0.05) is 6.07 Å². The Kier molecular flexibility index (Phi) is 6.13. The zero-order valence-electron chi connectivity index (χ0n) is 14.2. The Labute approximate surface area is 137 Å². The van der Waals surface area contributed by atoms with Gasteiger partial charge in [0.05, 0.1) is 16.9 Å². The van der Waals surface area contributed by atoms with Crippen molar-refractivity contribution in [1.82, 2.24) is 9.78 Å². The van der Waals surface area contributed by atoms with E-state index in [1.165, 1.54) is 0 Å². The largest absolute Gasteiger partial charge is 0.488 e. The van der Waals surface area contributed by atoms with Crippen LogP contribution in [0.5, 0.6) is 0 Å². The van der Waals surface area contributed by atoms with Crippen LogP contribution in [0, 0.1) is 6.92 Å². The molecule has 1 heterocycles. The van der Waals surface area contributed by atoms with Crippen LogP contribution in [0.1, 0.15) is 33.3 Å². The Morgan fingerprint density at radius 3 is 1.96 bits per heavy atom. The molecule has 23 heavy (non-hydrogen) atoms. The van der Waals surface area contributed by atoms with Gasteiger partial charge >= 0.3 is 7.12 Å². The Bertz CT molecular complexity index is 602. The molecule has 0 radical (unpaired) electrons. The third-order valence-electron chi connectivity index (χ3n) is 3.80. The van der Waals surface area contributed by atoms with Crippen molar-refractivity contribution in [3.05, 3.63) is 42.2 Å². The van der Waals surface area contributed by atoms with Crippen molar-refractivity contribution in [2.45, 2.75) is 45.8 Å². The number of hydrogen-bond donors (Lipinski definition) is 4. The summed E-state index contributed by atoms with van der Waals surface area (Å²) < 4.78 is 1.72. The lowest BCUT2D eigenvalue weighted by atomic mass is 9.77. The van der Waals surface area contributed by atoms with E-state index in [4.69, 9.17) is 20.3 Å². The molecule has 0 saturated heterocycles. The van der Waals surface area contributed by atoms with Gasteiger partial charge in [0.15, 0.2) is 0 Å². The fourth-order valence-corrected chi connectivity index (χ4v) is 1.51. The first-order chi connectivity index (χ1) is 10.4. The molecule has 7 heteroatoms. The summed E-state index contributed by atoms with van der Waals surface area (Å²) in [6.45, 7) is 8.14. The van der Waals surface area contributed by atoms with E-state index in [0.29, 0.717) is 5.46 Å². The van der Waals surface area contributed by atoms with Crippen LogP contribution in [0.15, 0.2) is 36.7 Å². The lowest BCUT2D eigenvalue weighted by Gasteiger charge is -2.31. The van der Waals surface area contributed by atoms with Crippen molar-refractivity contribution < 1.29 is 20.3 Å². The average Bonchev–Trinajstić information content (AvgIpc) is 2.90. The summed E-state index contributed by atoms with van der Waals surface area (Å²) in [5, 5.41) is 40.4. The SMILES string of the molecule is CC(C)(O)C(C)(C)O.Cc1cc(-n2cccn2)ccc1B(O)O. The average molecular weight is 320 g/mol. The highest BCUT2D eigenvalue weighted by Crippen LogP contribution is 2.19. The molecule has 1 aromatic carbocycles. The summed E-state index contributed by atoms with van der Waals surface area (Å²) in [7, 11) is -1.42. The summed E-state index contributed by atoms with van der Waals surface area (Å²) in [6, 6.07) is 7.19. The van der Waals surface area contributed by atoms with Gasteiger partial charge in [0.2, 0.25) is 0 Å². The van der Waals surface area contributed by atoms with Crippen molar-refractivity contribution in [3.8, 4) is 5.69 Å². The summed E-state index contributed by atoms with van der Waals surface area (Å²) >= 11 is 0. The number of hydrogen-bond acceptors (Lipinski definition) is 5. The Hall–Kier alpha value is -1.67. The van der Waals surface area contributed by atoms with Gasteiger partial charge in [-0.25, -0.2) is 4.68 Å². The standard InChI is InChI=1S/C10H11BN2O2.C6H14O2/c1-8-7-9(13-6-2-5-12-13)3-4-10(8)11(14)15;1-5(2,7)6(3,4)8/h2-7,14-15H,1H3;7-8H,1-4H3. The molecule has 2 rings (SSSR count). The molecule has 6 nitrogen and oxygen atoms in total. The van der Waals surface area contributed by atoms with Crippen LogP contribution in [0.25, 0.3) is 5.69 Å². The summed E-state index contributed by atoms with van der Waals surface area (Å²) in [6.07, 6.45) is 3.54. The van der Waals surface area contributed by atoms with Crippen LogP contribution in [0.2, 0.25) is 0 Å². The van der Waals surface area contributed by atoms with Crippen LogP contribution < -0.4 is 5.46 Å². The van der Waals surface area contributed by atoms with Gasteiger partial charge in [-0.05, 0) is 63.8 Å². The van der Waals surface area contributed by atoms with E-state index in [1.54, 1.807) is 50.7 Å². The van der Waals surface area contributed by atoms with E-state index in [0.717, 1.165) is 11.3 Å². The van der Waals surface area contributed by atoms with Gasteiger partial charge < -0.3 is 20.3 Å². The lowest BCUT2D eigenvalue weighted by molar-refractivity contribution is -0.107. The molecule has 4 N–H and O–H groups in total. The quantitative estimate of drug-likeness (QED) is 0.613. The molecule has 0 bridgehead atoms. The predicted molar refractivity (Wildman–Crippen MR) is 90.7 cm³/mol. The van der Waals surface area contributed by atoms with Crippen molar-refractivity contribution in [1.29, 1.82) is 0 Å². The molecule has 0 atom stereocenters. The number of benzene rings is 1. The molecular formula is C16H25BN2O4. The van der Waals surface area contributed by atoms with E-state index in [9.17, 15) is 0 Å². The third-order valence-corrected chi connectivity index (χ3v) is 3.80. The van der Waals surface area contributed by atoms with E-state index in [2.05, 4.69) is 5.10 Å². The minimum atomic E-state index is -1.42. The second kappa shape index (κ2) is 7.27. The van der Waals surface area contributed by atoms with E-state index in [-0.39, 0.29) is 0 Å². The lowest BCUT2D eigenvalue weighted by Crippen LogP contribution is -2.44. The Morgan fingerprint density at radius 2 is 1.61 bits per heavy atom. The Morgan fingerprint density at radius 1 is 1.04 bits per heavy atom. The maximum atomic E-state index is 9.10. The van der Waals surface area contributed by atoms with Crippen molar-refractivity contribution >= 4 is 12.6 Å². The summed E-state index contributed by atoms with van der Waals surface area (Å²) in [5.41, 5.74) is 0.241. The molecule has 0 saturated carbocycles. The third kappa shape index (κ3) is 5.48. The molecule has 0 aliphatic rings. The molecule has 0 aliphatic heterocycles. The smallest absolute Gasteiger partial charge is 0.423 e. The van der Waals surface area contributed by atoms with Crippen LogP contribution in [-0.2, 0) is 0 Å². The van der Waals surface area contributed by atoms with Gasteiger partial charge in [0.1, 0.15) is 0 Å². The monoisotopic (exact) mass is 320 g/mol. The topological polar surface area (TPSA) is 98.7 Å². The van der Waals surface area contributed by atoms with Crippen LogP contribution >= 0.6 is 0 Å². The highest BCUT2D eigenvalue weighted by atomic mass is 16.4. The zero-order valence-corrected chi connectivity index (χ0v) is 14.2. The molecular weight excluding hydrogens is 295 g/mol. The number of aliphatic hydroxyl groups is 2. The highest BCUT2D eigenvalue weighted by molar-refractivity contribution is 6.59. The molecule has 1 aromatic heterocycles. The first kappa shape index (κ1) is 19.4. The number of nitrogens with zero attached hydrogens (tertiary/aromatic N) is 2. The second-order valence-corrected chi connectivity index (χ2v) is 6.48. The summed E-state index contributed by atoms with van der Waals surface area (Å²) in [5.74, 6) is 0. The number of aryl methyl sites for hydroxylation is 1. The number of aromatic nitrogens is 2. The predicted octanol–water partition coefficient (Wildman–Crippen LogP) is 0.389. The van der Waals surface area contributed by atoms with Gasteiger partial charge in [-0.15, -0.1) is 0 Å². The van der Waals surface area contributed by atoms with Crippen LogP contribution in [0.3, 0.4) is 0 Å². The first-order valence-corrected chi connectivity index (χ1v) is 7.35. The van der Waals surface area contributed by atoms with Gasteiger partial charge in [-0.2, -0.15) is 5.10 Å². The van der Waals surface area contributed by atoms with Crippen molar-refractivity contribution in [2.75, 3.05) is 0 Å². The van der Waals surface area contributed by atoms with Crippen molar-refractivity contribution in [3.63, 3.8) is 0 Å². The van der Waals surface area contributed by atoms with E-state index >= 15 is 0 Å². The van der Waals surface area contributed by atoms with Crippen LogP contribution in [-0.4, -0.2) is 48.4 Å². The zero-order chi connectivity index (χ0) is 17.8. The summed E-state index contributed by atoms with van der Waals surface area (Å²) in [4.78, 5) is 0. The van der Waals surface area contributed by atoms with E-state index in [1.807, 2.05) is 25.3 Å². The van der Waals surface area contributed by atoms with Crippen LogP contribution in [0.4, 0.5) is 0 Å². The fourth-order valence-electron chi connectivity index (χ4n) is 1.51. The second-order valence-electron chi connectivity index (χ2n) is 6.48. The van der Waals surface area contributed by atoms with Gasteiger partial charge in [0.25, 0.3) is 0 Å². The molecule has 2 aromatic rings. The molecule has 0 amide bonds. The molecule has 0 fully saturated rings. The molecule has 0 spiro atoms. The first-order valence-electron chi connectivity index (χ1n) is 7.35.